The molecular formula is C18H18F3N3OS2. The van der Waals surface area contributed by atoms with Crippen molar-refractivity contribution in [1.82, 2.24) is 10.3 Å². The molecule has 1 atom stereocenters. The van der Waals surface area contributed by atoms with E-state index in [2.05, 4.69) is 10.3 Å². The normalized spacial score (nSPS) is 13.1. The highest BCUT2D eigenvalue weighted by atomic mass is 32.2. The Labute approximate surface area is 163 Å². The van der Waals surface area contributed by atoms with Crippen LogP contribution in [0.25, 0.3) is 10.6 Å². The highest BCUT2D eigenvalue weighted by Crippen LogP contribution is 2.39. The topological polar surface area (TPSA) is 65.8 Å². The van der Waals surface area contributed by atoms with Crippen molar-refractivity contribution in [3.8, 4) is 16.6 Å². The minimum atomic E-state index is -4.70. The maximum atomic E-state index is 13.5. The zero-order valence-corrected chi connectivity index (χ0v) is 16.8. The van der Waals surface area contributed by atoms with Crippen LogP contribution in [0.4, 0.5) is 13.2 Å². The molecule has 0 saturated heterocycles. The first-order chi connectivity index (χ1) is 12.4. The van der Waals surface area contributed by atoms with E-state index in [4.69, 9.17) is 0 Å². The Bertz CT molecular complexity index is 866. The molecule has 144 valence electrons. The zero-order valence-electron chi connectivity index (χ0n) is 15.1. The summed E-state index contributed by atoms with van der Waals surface area (Å²) in [5.74, 6) is -0.340. The number of carbonyl (C=O) groups is 1. The lowest BCUT2D eigenvalue weighted by Crippen LogP contribution is -2.44. The van der Waals surface area contributed by atoms with Crippen molar-refractivity contribution >= 4 is 29.0 Å². The maximum Gasteiger partial charge on any atom is 0.417 e. The molecule has 27 heavy (non-hydrogen) atoms. The van der Waals surface area contributed by atoms with Crippen molar-refractivity contribution in [2.45, 2.75) is 49.7 Å². The van der Waals surface area contributed by atoms with E-state index < -0.39 is 28.1 Å². The van der Waals surface area contributed by atoms with Gasteiger partial charge in [0.1, 0.15) is 11.1 Å². The Morgan fingerprint density at radius 1 is 1.37 bits per heavy atom. The van der Waals surface area contributed by atoms with E-state index in [0.717, 1.165) is 17.8 Å². The number of rotatable bonds is 4. The lowest BCUT2D eigenvalue weighted by atomic mass is 10.1. The zero-order chi connectivity index (χ0) is 20.4. The van der Waals surface area contributed by atoms with Gasteiger partial charge in [-0.25, -0.2) is 4.98 Å². The molecule has 0 fully saturated rings. The van der Waals surface area contributed by atoms with E-state index in [0.29, 0.717) is 4.88 Å². The summed E-state index contributed by atoms with van der Waals surface area (Å²) in [6.07, 6.45) is -4.70. The van der Waals surface area contributed by atoms with Gasteiger partial charge in [-0.3, -0.25) is 4.79 Å². The first-order valence-electron chi connectivity index (χ1n) is 7.97. The number of thiophene rings is 1. The van der Waals surface area contributed by atoms with Gasteiger partial charge in [-0.15, -0.1) is 11.3 Å². The summed E-state index contributed by atoms with van der Waals surface area (Å²) in [4.78, 5) is 17.1. The molecule has 2 rings (SSSR count). The second-order valence-electron chi connectivity index (χ2n) is 6.82. The van der Waals surface area contributed by atoms with Crippen LogP contribution in [0.1, 0.15) is 38.8 Å². The maximum absolute atomic E-state index is 13.5. The van der Waals surface area contributed by atoms with Crippen LogP contribution in [-0.4, -0.2) is 21.7 Å². The number of hydrogen-bond donors (Lipinski definition) is 1. The quantitative estimate of drug-likeness (QED) is 0.709. The van der Waals surface area contributed by atoms with Gasteiger partial charge in [0.15, 0.2) is 0 Å². The second-order valence-corrected chi connectivity index (χ2v) is 9.10. The largest absolute Gasteiger partial charge is 0.417 e. The molecule has 2 aromatic rings. The third kappa shape index (κ3) is 5.47. The Morgan fingerprint density at radius 3 is 2.52 bits per heavy atom. The SMILES string of the molecule is CC(Sc1nc(-c2cccs2)cc(C(F)(F)F)c1C#N)C(=O)NC(C)(C)C. The number of pyridine rings is 1. The average Bonchev–Trinajstić information content (AvgIpc) is 3.06. The summed E-state index contributed by atoms with van der Waals surface area (Å²) in [7, 11) is 0. The van der Waals surface area contributed by atoms with Crippen LogP contribution in [-0.2, 0) is 11.0 Å². The Hall–Kier alpha value is -2.05. The number of hydrogen-bond acceptors (Lipinski definition) is 5. The van der Waals surface area contributed by atoms with Crippen molar-refractivity contribution in [2.24, 2.45) is 0 Å². The fraction of sp³-hybridized carbons (Fsp3) is 0.389. The van der Waals surface area contributed by atoms with Crippen LogP contribution in [0.3, 0.4) is 0 Å². The molecule has 0 saturated carbocycles. The van der Waals surface area contributed by atoms with E-state index in [1.54, 1.807) is 51.3 Å². The number of thioether (sulfide) groups is 1. The molecule has 4 nitrogen and oxygen atoms in total. The summed E-state index contributed by atoms with van der Waals surface area (Å²) in [6.45, 7) is 6.99. The van der Waals surface area contributed by atoms with Crippen molar-refractivity contribution < 1.29 is 18.0 Å². The molecule has 0 aliphatic carbocycles. The first-order valence-corrected chi connectivity index (χ1v) is 9.73. The van der Waals surface area contributed by atoms with Crippen molar-refractivity contribution in [1.29, 1.82) is 5.26 Å². The molecule has 2 heterocycles. The number of nitriles is 1. The van der Waals surface area contributed by atoms with Gasteiger partial charge in [-0.1, -0.05) is 17.8 Å². The molecule has 0 bridgehead atoms. The Morgan fingerprint density at radius 2 is 2.04 bits per heavy atom. The van der Waals surface area contributed by atoms with Crippen molar-refractivity contribution in [2.75, 3.05) is 0 Å². The molecule has 0 radical (unpaired) electrons. The highest BCUT2D eigenvalue weighted by Gasteiger charge is 2.36. The minimum absolute atomic E-state index is 0.104. The van der Waals surface area contributed by atoms with Gasteiger partial charge in [-0.2, -0.15) is 18.4 Å². The number of amides is 1. The monoisotopic (exact) mass is 413 g/mol. The molecule has 1 amide bonds. The fourth-order valence-electron chi connectivity index (χ4n) is 2.18. The summed E-state index contributed by atoms with van der Waals surface area (Å²) >= 11 is 2.09. The van der Waals surface area contributed by atoms with Gasteiger partial charge < -0.3 is 5.32 Å². The number of alkyl halides is 3. The molecule has 0 aliphatic rings. The molecular weight excluding hydrogens is 395 g/mol. The van der Waals surface area contributed by atoms with Crippen LogP contribution in [0.5, 0.6) is 0 Å². The van der Waals surface area contributed by atoms with Gasteiger partial charge >= 0.3 is 6.18 Å². The number of nitrogens with one attached hydrogen (secondary N) is 1. The molecule has 0 aliphatic heterocycles. The smallest absolute Gasteiger partial charge is 0.351 e. The van der Waals surface area contributed by atoms with Crippen LogP contribution < -0.4 is 5.32 Å². The van der Waals surface area contributed by atoms with Crippen LogP contribution in [0, 0.1) is 11.3 Å². The van der Waals surface area contributed by atoms with E-state index in [1.807, 2.05) is 0 Å². The summed E-state index contributed by atoms with van der Waals surface area (Å²) in [6, 6.07) is 5.85. The summed E-state index contributed by atoms with van der Waals surface area (Å²) in [5, 5.41) is 13.0. The third-order valence-electron chi connectivity index (χ3n) is 3.33. The second kappa shape index (κ2) is 7.90. The van der Waals surface area contributed by atoms with Gasteiger partial charge in [0.2, 0.25) is 5.91 Å². The average molecular weight is 413 g/mol. The minimum Gasteiger partial charge on any atom is -0.351 e. The van der Waals surface area contributed by atoms with Crippen molar-refractivity contribution in [3.63, 3.8) is 0 Å². The van der Waals surface area contributed by atoms with Gasteiger partial charge in [0, 0.05) is 5.54 Å². The summed E-state index contributed by atoms with van der Waals surface area (Å²) in [5.41, 5.74) is -1.97. The number of nitrogens with zero attached hydrogens (tertiary/aromatic N) is 2. The number of halogens is 3. The highest BCUT2D eigenvalue weighted by molar-refractivity contribution is 8.00. The molecule has 0 spiro atoms. The van der Waals surface area contributed by atoms with Gasteiger partial charge in [0.25, 0.3) is 0 Å². The fourth-order valence-corrected chi connectivity index (χ4v) is 3.79. The van der Waals surface area contributed by atoms with Crippen LogP contribution >= 0.6 is 23.1 Å². The first kappa shape index (κ1) is 21.3. The number of aromatic nitrogens is 1. The molecule has 1 unspecified atom stereocenters. The van der Waals surface area contributed by atoms with Gasteiger partial charge in [-0.05, 0) is 45.2 Å². The van der Waals surface area contributed by atoms with Crippen molar-refractivity contribution in [3.05, 3.63) is 34.7 Å². The van der Waals surface area contributed by atoms with Crippen LogP contribution in [0.15, 0.2) is 28.6 Å². The predicted octanol–water partition coefficient (Wildman–Crippen LogP) is 5.10. The lowest BCUT2D eigenvalue weighted by Gasteiger charge is -2.23. The summed E-state index contributed by atoms with van der Waals surface area (Å²) < 4.78 is 40.5. The van der Waals surface area contributed by atoms with E-state index in [-0.39, 0.29) is 16.6 Å². The molecule has 2 aromatic heterocycles. The molecule has 0 aromatic carbocycles. The Balaban J connectivity index is 2.49. The van der Waals surface area contributed by atoms with Crippen LogP contribution in [0.2, 0.25) is 0 Å². The van der Waals surface area contributed by atoms with E-state index >= 15 is 0 Å². The lowest BCUT2D eigenvalue weighted by molar-refractivity contribution is -0.138. The Kier molecular flexibility index (Phi) is 6.22. The van der Waals surface area contributed by atoms with E-state index in [9.17, 15) is 23.2 Å². The van der Waals surface area contributed by atoms with E-state index in [1.165, 1.54) is 11.3 Å². The number of carbonyl (C=O) groups excluding carboxylic acids is 1. The third-order valence-corrected chi connectivity index (χ3v) is 5.31. The molecule has 1 N–H and O–H groups in total. The standard InChI is InChI=1S/C18H18F3N3OS2/c1-10(15(25)24-17(2,3)4)27-16-11(9-22)12(18(19,20)21)8-13(23-16)14-6-5-7-26-14/h5-8,10H,1-4H3,(H,24,25). The predicted molar refractivity (Wildman–Crippen MR) is 100 cm³/mol. The molecule has 9 heteroatoms. The van der Waals surface area contributed by atoms with Gasteiger partial charge in [0.05, 0.1) is 26.9 Å².